The average Bonchev–Trinajstić information content (AvgIpc) is 2.32. The standard InChI is InChI=1S/C6H14O3.C5H11NO/c1-7-3-5-9-6-4-8-2;1-3-6(4-2)5-7/h3-6H2,1-2H3;5H,3-4H2,1-2H3. The molecule has 0 aromatic carbocycles. The normalized spacial score (nSPS) is 9.25. The first kappa shape index (κ1) is 17.7. The van der Waals surface area contributed by atoms with Crippen molar-refractivity contribution >= 4 is 6.41 Å². The smallest absolute Gasteiger partial charge is 0.209 e. The minimum absolute atomic E-state index is 0.653. The zero-order valence-corrected chi connectivity index (χ0v) is 10.9. The van der Waals surface area contributed by atoms with E-state index < -0.39 is 0 Å². The van der Waals surface area contributed by atoms with Gasteiger partial charge < -0.3 is 19.1 Å². The fourth-order valence-corrected chi connectivity index (χ4v) is 0.759. The fourth-order valence-electron chi connectivity index (χ4n) is 0.759. The molecular weight excluding hydrogens is 210 g/mol. The predicted octanol–water partition coefficient (Wildman–Crippen LogP) is 0.780. The summed E-state index contributed by atoms with van der Waals surface area (Å²) < 4.78 is 14.6. The Morgan fingerprint density at radius 1 is 0.938 bits per heavy atom. The Balaban J connectivity index is 0. The van der Waals surface area contributed by atoms with Gasteiger partial charge in [0.15, 0.2) is 0 Å². The molecule has 1 amide bonds. The molecule has 0 radical (unpaired) electrons. The van der Waals surface area contributed by atoms with E-state index in [9.17, 15) is 4.79 Å². The van der Waals surface area contributed by atoms with E-state index in [1.807, 2.05) is 13.8 Å². The van der Waals surface area contributed by atoms with Crippen LogP contribution in [0.25, 0.3) is 0 Å². The molecule has 98 valence electrons. The predicted molar refractivity (Wildman–Crippen MR) is 63.6 cm³/mol. The Bertz CT molecular complexity index is 123. The molecule has 0 saturated carbocycles. The van der Waals surface area contributed by atoms with Gasteiger partial charge in [0, 0.05) is 27.3 Å². The fraction of sp³-hybridized carbons (Fsp3) is 0.909. The van der Waals surface area contributed by atoms with Crippen LogP contribution in [0.1, 0.15) is 13.8 Å². The highest BCUT2D eigenvalue weighted by molar-refractivity contribution is 5.46. The van der Waals surface area contributed by atoms with Gasteiger partial charge in [-0.2, -0.15) is 0 Å². The number of rotatable bonds is 9. The Labute approximate surface area is 98.7 Å². The van der Waals surface area contributed by atoms with Gasteiger partial charge >= 0.3 is 0 Å². The lowest BCUT2D eigenvalue weighted by atomic mass is 10.6. The summed E-state index contributed by atoms with van der Waals surface area (Å²) in [4.78, 5) is 11.6. The lowest BCUT2D eigenvalue weighted by molar-refractivity contribution is -0.117. The minimum Gasteiger partial charge on any atom is -0.382 e. The van der Waals surface area contributed by atoms with Gasteiger partial charge in [-0.15, -0.1) is 0 Å². The van der Waals surface area contributed by atoms with E-state index in [-0.39, 0.29) is 0 Å². The summed E-state index contributed by atoms with van der Waals surface area (Å²) in [5.41, 5.74) is 0. The Kier molecular flexibility index (Phi) is 18.6. The third-order valence-electron chi connectivity index (χ3n) is 1.83. The second kappa shape index (κ2) is 16.8. The first-order chi connectivity index (χ1) is 7.76. The largest absolute Gasteiger partial charge is 0.382 e. The summed E-state index contributed by atoms with van der Waals surface area (Å²) in [5, 5.41) is 0. The Morgan fingerprint density at radius 2 is 1.38 bits per heavy atom. The van der Waals surface area contributed by atoms with E-state index in [1.165, 1.54) is 0 Å². The van der Waals surface area contributed by atoms with E-state index >= 15 is 0 Å². The molecule has 16 heavy (non-hydrogen) atoms. The molecule has 0 aromatic rings. The summed E-state index contributed by atoms with van der Waals surface area (Å²) in [5.74, 6) is 0. The lowest BCUT2D eigenvalue weighted by Gasteiger charge is -2.08. The molecule has 0 aliphatic rings. The highest BCUT2D eigenvalue weighted by atomic mass is 16.5. The van der Waals surface area contributed by atoms with Crippen molar-refractivity contribution < 1.29 is 19.0 Å². The zero-order chi connectivity index (χ0) is 12.6. The summed E-state index contributed by atoms with van der Waals surface area (Å²) in [6, 6.07) is 0. The van der Waals surface area contributed by atoms with Crippen molar-refractivity contribution in [2.75, 3.05) is 53.7 Å². The Hall–Kier alpha value is -0.650. The van der Waals surface area contributed by atoms with Gasteiger partial charge in [0.2, 0.25) is 6.41 Å². The van der Waals surface area contributed by atoms with Crippen molar-refractivity contribution in [1.29, 1.82) is 0 Å². The number of hydrogen-bond acceptors (Lipinski definition) is 4. The van der Waals surface area contributed by atoms with E-state index in [1.54, 1.807) is 19.1 Å². The molecule has 0 unspecified atom stereocenters. The van der Waals surface area contributed by atoms with Crippen LogP contribution in [0.5, 0.6) is 0 Å². The molecule has 0 spiro atoms. The number of carbonyl (C=O) groups is 1. The van der Waals surface area contributed by atoms with Crippen LogP contribution in [0.15, 0.2) is 0 Å². The SMILES string of the molecule is CCN(C=O)CC.COCCOCCOC. The molecule has 0 saturated heterocycles. The highest BCUT2D eigenvalue weighted by Crippen LogP contribution is 1.76. The maximum absolute atomic E-state index is 9.89. The van der Waals surface area contributed by atoms with Crippen LogP contribution in [0, 0.1) is 0 Å². The molecule has 0 rings (SSSR count). The quantitative estimate of drug-likeness (QED) is 0.438. The third-order valence-corrected chi connectivity index (χ3v) is 1.83. The number of ether oxygens (including phenoxy) is 3. The molecular formula is C11H25NO4. The molecule has 0 bridgehead atoms. The van der Waals surface area contributed by atoms with Gasteiger partial charge in [-0.25, -0.2) is 0 Å². The molecule has 5 nitrogen and oxygen atoms in total. The van der Waals surface area contributed by atoms with Gasteiger partial charge in [0.1, 0.15) is 0 Å². The number of methoxy groups -OCH3 is 2. The first-order valence-corrected chi connectivity index (χ1v) is 5.51. The van der Waals surface area contributed by atoms with E-state index in [0.717, 1.165) is 19.5 Å². The maximum Gasteiger partial charge on any atom is 0.209 e. The third kappa shape index (κ3) is 15.8. The van der Waals surface area contributed by atoms with Crippen molar-refractivity contribution in [3.63, 3.8) is 0 Å². The van der Waals surface area contributed by atoms with Crippen LogP contribution >= 0.6 is 0 Å². The van der Waals surface area contributed by atoms with Gasteiger partial charge in [-0.3, -0.25) is 4.79 Å². The van der Waals surface area contributed by atoms with Crippen LogP contribution in [0.2, 0.25) is 0 Å². The highest BCUT2D eigenvalue weighted by Gasteiger charge is 1.87. The van der Waals surface area contributed by atoms with Gasteiger partial charge in [-0.05, 0) is 13.8 Å². The number of hydrogen-bond donors (Lipinski definition) is 0. The van der Waals surface area contributed by atoms with Crippen molar-refractivity contribution in [3.8, 4) is 0 Å². The summed E-state index contributed by atoms with van der Waals surface area (Å²) >= 11 is 0. The number of nitrogens with zero attached hydrogens (tertiary/aromatic N) is 1. The summed E-state index contributed by atoms with van der Waals surface area (Å²) in [7, 11) is 3.30. The molecule has 0 aromatic heterocycles. The topological polar surface area (TPSA) is 48.0 Å². The number of amides is 1. The van der Waals surface area contributed by atoms with E-state index in [2.05, 4.69) is 0 Å². The summed E-state index contributed by atoms with van der Waals surface area (Å²) in [6.07, 6.45) is 0.861. The van der Waals surface area contributed by atoms with Crippen LogP contribution in [-0.4, -0.2) is 65.0 Å². The van der Waals surface area contributed by atoms with Crippen molar-refractivity contribution in [3.05, 3.63) is 0 Å². The van der Waals surface area contributed by atoms with Crippen molar-refractivity contribution in [2.24, 2.45) is 0 Å². The van der Waals surface area contributed by atoms with Crippen LogP contribution in [-0.2, 0) is 19.0 Å². The minimum atomic E-state index is 0.653. The average molecular weight is 235 g/mol. The van der Waals surface area contributed by atoms with Crippen LogP contribution < -0.4 is 0 Å². The monoisotopic (exact) mass is 235 g/mol. The molecule has 0 N–H and O–H groups in total. The number of carbonyl (C=O) groups excluding carboxylic acids is 1. The lowest BCUT2D eigenvalue weighted by Crippen LogP contribution is -2.19. The zero-order valence-electron chi connectivity index (χ0n) is 10.9. The van der Waals surface area contributed by atoms with E-state index in [4.69, 9.17) is 14.2 Å². The van der Waals surface area contributed by atoms with Crippen LogP contribution in [0.4, 0.5) is 0 Å². The Morgan fingerprint density at radius 3 is 1.56 bits per heavy atom. The molecule has 0 atom stereocenters. The molecule has 5 heteroatoms. The molecule has 0 heterocycles. The van der Waals surface area contributed by atoms with Crippen LogP contribution in [0.3, 0.4) is 0 Å². The second-order valence-electron chi connectivity index (χ2n) is 2.92. The maximum atomic E-state index is 9.89. The van der Waals surface area contributed by atoms with E-state index in [0.29, 0.717) is 26.4 Å². The first-order valence-electron chi connectivity index (χ1n) is 5.51. The van der Waals surface area contributed by atoms with Crippen molar-refractivity contribution in [2.45, 2.75) is 13.8 Å². The molecule has 0 fully saturated rings. The van der Waals surface area contributed by atoms with Gasteiger partial charge in [0.05, 0.1) is 26.4 Å². The summed E-state index contributed by atoms with van der Waals surface area (Å²) in [6.45, 7) is 8.17. The second-order valence-corrected chi connectivity index (χ2v) is 2.92. The van der Waals surface area contributed by atoms with Gasteiger partial charge in [-0.1, -0.05) is 0 Å². The molecule has 0 aliphatic carbocycles. The molecule has 0 aliphatic heterocycles. The van der Waals surface area contributed by atoms with Gasteiger partial charge in [0.25, 0.3) is 0 Å². The van der Waals surface area contributed by atoms with Crippen molar-refractivity contribution in [1.82, 2.24) is 4.90 Å².